The van der Waals surface area contributed by atoms with Gasteiger partial charge in [-0.15, -0.1) is 0 Å². The monoisotopic (exact) mass is 226 g/mol. The van der Waals surface area contributed by atoms with E-state index in [0.717, 1.165) is 12.8 Å². The average molecular weight is 226 g/mol. The van der Waals surface area contributed by atoms with Gasteiger partial charge in [0.2, 0.25) is 0 Å². The lowest BCUT2D eigenvalue weighted by molar-refractivity contribution is -0.141. The molecule has 2 nitrogen and oxygen atoms in total. The highest BCUT2D eigenvalue weighted by Gasteiger charge is 2.41. The second kappa shape index (κ2) is 6.07. The molecular formula is C14H26O2. The summed E-state index contributed by atoms with van der Waals surface area (Å²) >= 11 is 0. The Balaban J connectivity index is 0.00000106. The zero-order valence-electron chi connectivity index (χ0n) is 11.6. The Bertz CT molecular complexity index is 253. The minimum atomic E-state index is -0.187. The van der Waals surface area contributed by atoms with Crippen molar-refractivity contribution in [1.82, 2.24) is 0 Å². The molecule has 0 bridgehead atoms. The van der Waals surface area contributed by atoms with Gasteiger partial charge in [-0.1, -0.05) is 46.8 Å². The van der Waals surface area contributed by atoms with Crippen molar-refractivity contribution in [2.24, 2.45) is 10.8 Å². The fourth-order valence-electron chi connectivity index (χ4n) is 1.90. The van der Waals surface area contributed by atoms with E-state index in [4.69, 9.17) is 4.74 Å². The van der Waals surface area contributed by atoms with Gasteiger partial charge in [0.05, 0.1) is 6.61 Å². The zero-order valence-corrected chi connectivity index (χ0v) is 11.6. The molecule has 0 aromatic rings. The molecule has 0 heterocycles. The van der Waals surface area contributed by atoms with E-state index in [0.29, 0.717) is 6.61 Å². The first kappa shape index (κ1) is 15.2. The average Bonchev–Trinajstić information content (AvgIpc) is 2.44. The summed E-state index contributed by atoms with van der Waals surface area (Å²) in [5, 5.41) is 0. The maximum absolute atomic E-state index is 10.6. The molecule has 0 aromatic carbocycles. The summed E-state index contributed by atoms with van der Waals surface area (Å²) in [6.45, 7) is 12.7. The minimum Gasteiger partial charge on any atom is -0.466 e. The van der Waals surface area contributed by atoms with Crippen molar-refractivity contribution in [2.75, 3.05) is 6.61 Å². The predicted octanol–water partition coefficient (Wildman–Crippen LogP) is 3.96. The van der Waals surface area contributed by atoms with Crippen LogP contribution in [0.15, 0.2) is 12.2 Å². The number of esters is 1. The third-order valence-corrected chi connectivity index (χ3v) is 3.59. The third kappa shape index (κ3) is 3.66. The molecule has 0 spiro atoms. The van der Waals surface area contributed by atoms with Crippen LogP contribution in [0.1, 0.15) is 54.4 Å². The van der Waals surface area contributed by atoms with E-state index in [1.807, 2.05) is 13.8 Å². The molecule has 1 rings (SSSR count). The van der Waals surface area contributed by atoms with Crippen molar-refractivity contribution in [3.63, 3.8) is 0 Å². The van der Waals surface area contributed by atoms with Crippen LogP contribution in [0, 0.1) is 10.8 Å². The molecule has 0 unspecified atom stereocenters. The van der Waals surface area contributed by atoms with E-state index >= 15 is 0 Å². The largest absolute Gasteiger partial charge is 0.466 e. The molecule has 2 heteroatoms. The molecule has 0 amide bonds. The topological polar surface area (TPSA) is 26.3 Å². The number of rotatable bonds is 3. The summed E-state index contributed by atoms with van der Waals surface area (Å²) in [5.74, 6) is -0.187. The Hall–Kier alpha value is -0.790. The predicted molar refractivity (Wildman–Crippen MR) is 68.2 cm³/mol. The van der Waals surface area contributed by atoms with Crippen molar-refractivity contribution in [3.05, 3.63) is 12.2 Å². The Kier molecular flexibility index (Phi) is 5.77. The molecule has 16 heavy (non-hydrogen) atoms. The first-order valence-corrected chi connectivity index (χ1v) is 6.18. The van der Waals surface area contributed by atoms with E-state index in [9.17, 15) is 4.79 Å². The number of hydrogen-bond donors (Lipinski definition) is 0. The van der Waals surface area contributed by atoms with Gasteiger partial charge in [-0.05, 0) is 23.7 Å². The van der Waals surface area contributed by atoms with Crippen LogP contribution in [0.3, 0.4) is 0 Å². The lowest BCUT2D eigenvalue weighted by Crippen LogP contribution is -2.31. The Morgan fingerprint density at radius 3 is 2.25 bits per heavy atom. The van der Waals surface area contributed by atoms with Gasteiger partial charge >= 0.3 is 5.97 Å². The van der Waals surface area contributed by atoms with Gasteiger partial charge in [0.1, 0.15) is 0 Å². The van der Waals surface area contributed by atoms with Gasteiger partial charge in [-0.2, -0.15) is 0 Å². The van der Waals surface area contributed by atoms with Crippen LogP contribution in [-0.2, 0) is 9.53 Å². The van der Waals surface area contributed by atoms with Crippen LogP contribution in [0.2, 0.25) is 0 Å². The van der Waals surface area contributed by atoms with Crippen LogP contribution in [0.4, 0.5) is 0 Å². The second-order valence-electron chi connectivity index (χ2n) is 5.00. The van der Waals surface area contributed by atoms with Gasteiger partial charge < -0.3 is 4.74 Å². The van der Waals surface area contributed by atoms with Crippen molar-refractivity contribution in [1.29, 1.82) is 0 Å². The van der Waals surface area contributed by atoms with E-state index < -0.39 is 0 Å². The first-order chi connectivity index (χ1) is 7.37. The summed E-state index contributed by atoms with van der Waals surface area (Å²) in [4.78, 5) is 10.6. The second-order valence-corrected chi connectivity index (χ2v) is 5.00. The number of hydrogen-bond acceptors (Lipinski definition) is 2. The molecule has 1 aliphatic carbocycles. The van der Waals surface area contributed by atoms with Crippen molar-refractivity contribution in [2.45, 2.75) is 54.4 Å². The third-order valence-electron chi connectivity index (χ3n) is 3.59. The van der Waals surface area contributed by atoms with Crippen LogP contribution in [0.25, 0.3) is 0 Å². The fourth-order valence-corrected chi connectivity index (χ4v) is 1.90. The van der Waals surface area contributed by atoms with Crippen LogP contribution in [-0.4, -0.2) is 12.6 Å². The molecule has 0 saturated heterocycles. The Morgan fingerprint density at radius 1 is 1.31 bits per heavy atom. The molecule has 0 N–H and O–H groups in total. The van der Waals surface area contributed by atoms with E-state index in [1.165, 1.54) is 6.92 Å². The van der Waals surface area contributed by atoms with Crippen LogP contribution >= 0.6 is 0 Å². The minimum absolute atomic E-state index is 0.169. The highest BCUT2D eigenvalue weighted by Crippen LogP contribution is 2.49. The fraction of sp³-hybridized carbons (Fsp3) is 0.786. The molecule has 1 aliphatic rings. The van der Waals surface area contributed by atoms with E-state index in [1.54, 1.807) is 0 Å². The number of allylic oxidation sites excluding steroid dienone is 2. The maximum atomic E-state index is 10.6. The van der Waals surface area contributed by atoms with Gasteiger partial charge in [0, 0.05) is 6.92 Å². The zero-order chi connectivity index (χ0) is 12.8. The van der Waals surface area contributed by atoms with Crippen molar-refractivity contribution < 1.29 is 9.53 Å². The highest BCUT2D eigenvalue weighted by atomic mass is 16.5. The van der Waals surface area contributed by atoms with E-state index in [2.05, 4.69) is 32.9 Å². The van der Waals surface area contributed by atoms with Gasteiger partial charge in [0.25, 0.3) is 0 Å². The smallest absolute Gasteiger partial charge is 0.302 e. The summed E-state index contributed by atoms with van der Waals surface area (Å²) in [6.07, 6.45) is 6.52. The first-order valence-electron chi connectivity index (χ1n) is 6.18. The molecule has 0 radical (unpaired) electrons. The Morgan fingerprint density at radius 2 is 1.88 bits per heavy atom. The number of ether oxygens (including phenoxy) is 1. The molecular weight excluding hydrogens is 200 g/mol. The molecule has 0 saturated carbocycles. The highest BCUT2D eigenvalue weighted by molar-refractivity contribution is 5.65. The summed E-state index contributed by atoms with van der Waals surface area (Å²) in [6, 6.07) is 0. The molecule has 0 aromatic heterocycles. The normalized spacial score (nSPS) is 25.9. The number of carbonyl (C=O) groups excluding carboxylic acids is 1. The summed E-state index contributed by atoms with van der Waals surface area (Å²) in [7, 11) is 0. The molecule has 1 atom stereocenters. The van der Waals surface area contributed by atoms with Crippen molar-refractivity contribution in [3.8, 4) is 0 Å². The SMILES string of the molecule is CC.CC(=O)OCC[C@@]1(C)C=CCC1(C)C. The van der Waals surface area contributed by atoms with E-state index in [-0.39, 0.29) is 16.8 Å². The van der Waals surface area contributed by atoms with Crippen LogP contribution < -0.4 is 0 Å². The lowest BCUT2D eigenvalue weighted by atomic mass is 9.67. The standard InChI is InChI=1S/C12H20O2.C2H6/c1-10(13)14-9-8-12(4)7-5-6-11(12,2)3;1-2/h5,7H,6,8-9H2,1-4H3;1-2H3/t12-;/m1./s1. The molecule has 0 aliphatic heterocycles. The summed E-state index contributed by atoms with van der Waals surface area (Å²) < 4.78 is 4.99. The molecule has 0 fully saturated rings. The number of carbonyl (C=O) groups is 1. The maximum Gasteiger partial charge on any atom is 0.302 e. The van der Waals surface area contributed by atoms with Gasteiger partial charge in [-0.3, -0.25) is 4.79 Å². The van der Waals surface area contributed by atoms with Crippen molar-refractivity contribution >= 4 is 5.97 Å². The van der Waals surface area contributed by atoms with Crippen LogP contribution in [0.5, 0.6) is 0 Å². The summed E-state index contributed by atoms with van der Waals surface area (Å²) in [5.41, 5.74) is 0.454. The Labute approximate surface area is 100 Å². The lowest BCUT2D eigenvalue weighted by Gasteiger charge is -2.37. The van der Waals surface area contributed by atoms with Gasteiger partial charge in [0.15, 0.2) is 0 Å². The quantitative estimate of drug-likeness (QED) is 0.538. The van der Waals surface area contributed by atoms with Gasteiger partial charge in [-0.25, -0.2) is 0 Å². The molecule has 94 valence electrons.